The van der Waals surface area contributed by atoms with E-state index in [9.17, 15) is 9.59 Å². The second-order valence-electron chi connectivity index (χ2n) is 4.44. The van der Waals surface area contributed by atoms with Crippen molar-refractivity contribution in [2.45, 2.75) is 31.7 Å². The molecule has 0 bridgehead atoms. The molecule has 0 aromatic heterocycles. The van der Waals surface area contributed by atoms with E-state index < -0.39 is 17.9 Å². The summed E-state index contributed by atoms with van der Waals surface area (Å²) in [4.78, 5) is 21.6. The zero-order valence-corrected chi connectivity index (χ0v) is 10.8. The van der Waals surface area contributed by atoms with E-state index in [0.29, 0.717) is 6.54 Å². The fourth-order valence-corrected chi connectivity index (χ4v) is 1.81. The molecular weight excluding hydrogens is 244 g/mol. The summed E-state index contributed by atoms with van der Waals surface area (Å²) in [5, 5.41) is 11.9. The van der Waals surface area contributed by atoms with E-state index in [2.05, 4.69) is 5.32 Å². The lowest BCUT2D eigenvalue weighted by atomic mass is 10.1. The van der Waals surface area contributed by atoms with Crippen molar-refractivity contribution in [2.24, 2.45) is 5.73 Å². The number of hydrogen-bond acceptors (Lipinski definition) is 3. The van der Waals surface area contributed by atoms with Gasteiger partial charge in [0.25, 0.3) is 0 Å². The van der Waals surface area contributed by atoms with Crippen molar-refractivity contribution in [3.63, 3.8) is 0 Å². The van der Waals surface area contributed by atoms with Gasteiger partial charge in [0.15, 0.2) is 0 Å². The second kappa shape index (κ2) is 8.26. The van der Waals surface area contributed by atoms with Crippen molar-refractivity contribution in [1.82, 2.24) is 5.32 Å². The molecular formula is C14H20N2O3. The molecule has 5 nitrogen and oxygen atoms in total. The lowest BCUT2D eigenvalue weighted by Crippen LogP contribution is -2.38. The molecule has 0 heterocycles. The van der Waals surface area contributed by atoms with E-state index in [1.165, 1.54) is 5.56 Å². The molecule has 1 rings (SSSR count). The highest BCUT2D eigenvalue weighted by Crippen LogP contribution is 2.02. The maximum atomic E-state index is 11.0. The number of primary amides is 1. The van der Waals surface area contributed by atoms with Gasteiger partial charge in [-0.25, -0.2) is 0 Å². The predicted octanol–water partition coefficient (Wildman–Crippen LogP) is 0.927. The Morgan fingerprint density at radius 2 is 1.95 bits per heavy atom. The fraction of sp³-hybridized carbons (Fsp3) is 0.429. The first-order valence-corrected chi connectivity index (χ1v) is 6.38. The van der Waals surface area contributed by atoms with Gasteiger partial charge in [-0.3, -0.25) is 9.59 Å². The Labute approximate surface area is 112 Å². The van der Waals surface area contributed by atoms with Crippen LogP contribution < -0.4 is 11.1 Å². The summed E-state index contributed by atoms with van der Waals surface area (Å²) in [5.74, 6) is -1.42. The fourth-order valence-electron chi connectivity index (χ4n) is 1.81. The monoisotopic (exact) mass is 264 g/mol. The lowest BCUT2D eigenvalue weighted by Gasteiger charge is -2.13. The van der Waals surface area contributed by atoms with Crippen LogP contribution >= 0.6 is 0 Å². The number of benzene rings is 1. The molecule has 1 atom stereocenters. The van der Waals surface area contributed by atoms with Crippen LogP contribution in [0.25, 0.3) is 0 Å². The third-order valence-electron chi connectivity index (χ3n) is 2.85. The van der Waals surface area contributed by atoms with Gasteiger partial charge in [-0.2, -0.15) is 0 Å². The van der Waals surface area contributed by atoms with Crippen molar-refractivity contribution >= 4 is 11.9 Å². The Morgan fingerprint density at radius 1 is 1.26 bits per heavy atom. The smallest absolute Gasteiger partial charge is 0.320 e. The highest BCUT2D eigenvalue weighted by atomic mass is 16.4. The van der Waals surface area contributed by atoms with Crippen LogP contribution in [0, 0.1) is 0 Å². The van der Waals surface area contributed by atoms with Crippen LogP contribution in [0.15, 0.2) is 30.3 Å². The summed E-state index contributed by atoms with van der Waals surface area (Å²) >= 11 is 0. The van der Waals surface area contributed by atoms with Gasteiger partial charge in [0, 0.05) is 6.42 Å². The number of carbonyl (C=O) groups is 2. The average Bonchev–Trinajstić information content (AvgIpc) is 2.38. The van der Waals surface area contributed by atoms with Gasteiger partial charge in [0.05, 0.1) is 0 Å². The van der Waals surface area contributed by atoms with Crippen LogP contribution in [-0.4, -0.2) is 29.6 Å². The van der Waals surface area contributed by atoms with Crippen molar-refractivity contribution in [2.75, 3.05) is 6.54 Å². The molecule has 1 unspecified atom stereocenters. The SMILES string of the molecule is NC(=O)CCC(NCCCc1ccccc1)C(=O)O. The molecule has 0 saturated heterocycles. The van der Waals surface area contributed by atoms with Crippen LogP contribution in [0.1, 0.15) is 24.8 Å². The Hall–Kier alpha value is -1.88. The first-order chi connectivity index (χ1) is 9.09. The molecule has 1 aromatic carbocycles. The molecule has 19 heavy (non-hydrogen) atoms. The molecule has 0 radical (unpaired) electrons. The predicted molar refractivity (Wildman–Crippen MR) is 72.6 cm³/mol. The van der Waals surface area contributed by atoms with E-state index in [-0.39, 0.29) is 12.8 Å². The minimum absolute atomic E-state index is 0.0860. The normalized spacial score (nSPS) is 12.0. The number of aryl methyl sites for hydroxylation is 1. The molecule has 0 aliphatic rings. The topological polar surface area (TPSA) is 92.4 Å². The van der Waals surface area contributed by atoms with Crippen molar-refractivity contribution in [3.05, 3.63) is 35.9 Å². The number of nitrogens with one attached hydrogen (secondary N) is 1. The van der Waals surface area contributed by atoms with Crippen LogP contribution in [0.4, 0.5) is 0 Å². The van der Waals surface area contributed by atoms with Crippen molar-refractivity contribution in [3.8, 4) is 0 Å². The average molecular weight is 264 g/mol. The number of aliphatic carboxylic acids is 1. The van der Waals surface area contributed by atoms with Crippen molar-refractivity contribution < 1.29 is 14.7 Å². The molecule has 0 aliphatic carbocycles. The van der Waals surface area contributed by atoms with E-state index in [1.807, 2.05) is 30.3 Å². The van der Waals surface area contributed by atoms with E-state index in [1.54, 1.807) is 0 Å². The molecule has 0 aliphatic heterocycles. The summed E-state index contributed by atoms with van der Waals surface area (Å²) in [7, 11) is 0. The third kappa shape index (κ3) is 6.57. The second-order valence-corrected chi connectivity index (χ2v) is 4.44. The highest BCUT2D eigenvalue weighted by Gasteiger charge is 2.16. The summed E-state index contributed by atoms with van der Waals surface area (Å²) in [6.45, 7) is 0.602. The number of carbonyl (C=O) groups excluding carboxylic acids is 1. The Morgan fingerprint density at radius 3 is 2.53 bits per heavy atom. The molecule has 4 N–H and O–H groups in total. The van der Waals surface area contributed by atoms with Crippen molar-refractivity contribution in [1.29, 1.82) is 0 Å². The highest BCUT2D eigenvalue weighted by molar-refractivity contribution is 5.77. The third-order valence-corrected chi connectivity index (χ3v) is 2.85. The largest absolute Gasteiger partial charge is 0.480 e. The number of hydrogen-bond donors (Lipinski definition) is 3. The van der Waals surface area contributed by atoms with E-state index in [4.69, 9.17) is 10.8 Å². The molecule has 5 heteroatoms. The number of carboxylic acid groups (broad SMARTS) is 1. The van der Waals surface area contributed by atoms with Gasteiger partial charge >= 0.3 is 5.97 Å². The number of rotatable bonds is 9. The van der Waals surface area contributed by atoms with Crippen LogP contribution in [0.2, 0.25) is 0 Å². The van der Waals surface area contributed by atoms with E-state index >= 15 is 0 Å². The Bertz CT molecular complexity index is 406. The molecule has 0 fully saturated rings. The molecule has 1 aromatic rings. The Kier molecular flexibility index (Phi) is 6.60. The number of carboxylic acids is 1. The van der Waals surface area contributed by atoms with E-state index in [0.717, 1.165) is 12.8 Å². The summed E-state index contributed by atoms with van der Waals surface area (Å²) < 4.78 is 0. The quantitative estimate of drug-likeness (QED) is 0.578. The molecule has 0 spiro atoms. The minimum Gasteiger partial charge on any atom is -0.480 e. The van der Waals surface area contributed by atoms with Gasteiger partial charge in [0.1, 0.15) is 6.04 Å². The molecule has 1 amide bonds. The standard InChI is InChI=1S/C14H20N2O3/c15-13(17)9-8-12(14(18)19)16-10-4-7-11-5-2-1-3-6-11/h1-3,5-6,12,16H,4,7-10H2,(H2,15,17)(H,18,19). The van der Waals surface area contributed by atoms with Crippen LogP contribution in [0.5, 0.6) is 0 Å². The van der Waals surface area contributed by atoms with Gasteiger partial charge in [-0.05, 0) is 31.4 Å². The van der Waals surface area contributed by atoms with Crippen LogP contribution in [0.3, 0.4) is 0 Å². The maximum Gasteiger partial charge on any atom is 0.320 e. The van der Waals surface area contributed by atoms with Gasteiger partial charge < -0.3 is 16.2 Å². The maximum absolute atomic E-state index is 11.0. The first kappa shape index (κ1) is 15.2. The van der Waals surface area contributed by atoms with Gasteiger partial charge in [-0.15, -0.1) is 0 Å². The number of amides is 1. The summed E-state index contributed by atoms with van der Waals surface area (Å²) in [6.07, 6.45) is 2.07. The minimum atomic E-state index is -0.944. The van der Waals surface area contributed by atoms with Gasteiger partial charge in [-0.1, -0.05) is 30.3 Å². The zero-order valence-electron chi connectivity index (χ0n) is 10.8. The molecule has 0 saturated carbocycles. The summed E-state index contributed by atoms with van der Waals surface area (Å²) in [5.41, 5.74) is 6.24. The molecule has 104 valence electrons. The first-order valence-electron chi connectivity index (χ1n) is 6.38. The van der Waals surface area contributed by atoms with Crippen LogP contribution in [-0.2, 0) is 16.0 Å². The lowest BCUT2D eigenvalue weighted by molar-refractivity contribution is -0.139. The zero-order chi connectivity index (χ0) is 14.1. The Balaban J connectivity index is 2.24. The number of nitrogens with two attached hydrogens (primary N) is 1. The van der Waals surface area contributed by atoms with Gasteiger partial charge in [0.2, 0.25) is 5.91 Å². The summed E-state index contributed by atoms with van der Waals surface area (Å²) in [6, 6.07) is 9.31.